The predicted molar refractivity (Wildman–Crippen MR) is 78.4 cm³/mol. The number of nitrogens with zero attached hydrogens (tertiary/aromatic N) is 3. The average molecular weight is 287 g/mol. The Labute approximate surface area is 122 Å². The number of esters is 1. The summed E-state index contributed by atoms with van der Waals surface area (Å²) >= 11 is 0. The first-order valence-corrected chi connectivity index (χ1v) is 7.23. The van der Waals surface area contributed by atoms with E-state index in [1.54, 1.807) is 5.06 Å². The minimum Gasteiger partial charge on any atom is -0.459 e. The van der Waals surface area contributed by atoms with Gasteiger partial charge in [0.15, 0.2) is 0 Å². The highest BCUT2D eigenvalue weighted by atomic mass is 16.7. The smallest absolute Gasteiger partial charge is 0.320 e. The maximum atomic E-state index is 11.8. The molecular formula is C14H29N3O3. The van der Waals surface area contributed by atoms with E-state index >= 15 is 0 Å². The van der Waals surface area contributed by atoms with Crippen molar-refractivity contribution >= 4 is 5.97 Å². The number of hydrogen-bond donors (Lipinski definition) is 0. The van der Waals surface area contributed by atoms with Gasteiger partial charge in [-0.05, 0) is 20.8 Å². The molecule has 0 bridgehead atoms. The normalized spacial score (nSPS) is 18.5. The Balaban J connectivity index is 2.17. The van der Waals surface area contributed by atoms with E-state index in [0.29, 0.717) is 13.2 Å². The number of carbonyl (C=O) groups excluding carboxylic acids is 1. The first-order valence-electron chi connectivity index (χ1n) is 7.23. The lowest BCUT2D eigenvalue weighted by Crippen LogP contribution is -2.49. The second kappa shape index (κ2) is 7.93. The molecular weight excluding hydrogens is 258 g/mol. The van der Waals surface area contributed by atoms with Gasteiger partial charge in [0.1, 0.15) is 5.60 Å². The molecule has 0 spiro atoms. The molecule has 1 aliphatic heterocycles. The van der Waals surface area contributed by atoms with Gasteiger partial charge in [0.2, 0.25) is 0 Å². The number of hydroxylamine groups is 2. The highest BCUT2D eigenvalue weighted by Gasteiger charge is 2.22. The summed E-state index contributed by atoms with van der Waals surface area (Å²) in [6.45, 7) is 11.5. The van der Waals surface area contributed by atoms with Gasteiger partial charge in [-0.25, -0.2) is 0 Å². The summed E-state index contributed by atoms with van der Waals surface area (Å²) in [5, 5.41) is 1.72. The molecule has 1 fully saturated rings. The van der Waals surface area contributed by atoms with Crippen LogP contribution in [0.25, 0.3) is 0 Å². The van der Waals surface area contributed by atoms with Gasteiger partial charge in [-0.3, -0.25) is 19.4 Å². The van der Waals surface area contributed by atoms with Crippen LogP contribution >= 0.6 is 0 Å². The van der Waals surface area contributed by atoms with Crippen LogP contribution in [0.2, 0.25) is 0 Å². The number of rotatable bonds is 6. The summed E-state index contributed by atoms with van der Waals surface area (Å²) in [5.41, 5.74) is -0.400. The Morgan fingerprint density at radius 1 is 1.10 bits per heavy atom. The van der Waals surface area contributed by atoms with Crippen LogP contribution in [-0.4, -0.2) is 86.4 Å². The molecule has 20 heavy (non-hydrogen) atoms. The molecule has 0 atom stereocenters. The molecule has 1 rings (SSSR count). The summed E-state index contributed by atoms with van der Waals surface area (Å²) in [7, 11) is 3.78. The Morgan fingerprint density at radius 3 is 2.15 bits per heavy atom. The monoisotopic (exact) mass is 287 g/mol. The van der Waals surface area contributed by atoms with Crippen LogP contribution in [0.15, 0.2) is 0 Å². The molecule has 6 nitrogen and oxygen atoms in total. The molecule has 0 amide bonds. The first-order chi connectivity index (χ1) is 9.26. The molecule has 1 aliphatic rings. The molecule has 0 radical (unpaired) electrons. The summed E-state index contributed by atoms with van der Waals surface area (Å²) < 4.78 is 5.34. The van der Waals surface area contributed by atoms with E-state index in [0.717, 1.165) is 32.7 Å². The highest BCUT2D eigenvalue weighted by Crippen LogP contribution is 2.08. The lowest BCUT2D eigenvalue weighted by Gasteiger charge is -2.34. The van der Waals surface area contributed by atoms with Crippen LogP contribution in [0.4, 0.5) is 0 Å². The number of hydrogen-bond acceptors (Lipinski definition) is 6. The predicted octanol–water partition coefficient (Wildman–Crippen LogP) is 0.439. The van der Waals surface area contributed by atoms with E-state index in [4.69, 9.17) is 9.57 Å². The zero-order valence-corrected chi connectivity index (χ0v) is 13.5. The molecule has 0 aromatic carbocycles. The van der Waals surface area contributed by atoms with E-state index in [1.165, 1.54) is 0 Å². The molecule has 0 saturated carbocycles. The fraction of sp³-hybridized carbons (Fsp3) is 0.929. The molecule has 1 saturated heterocycles. The lowest BCUT2D eigenvalue weighted by molar-refractivity contribution is -0.156. The molecule has 118 valence electrons. The number of carbonyl (C=O) groups is 1. The topological polar surface area (TPSA) is 45.2 Å². The maximum Gasteiger partial charge on any atom is 0.320 e. The van der Waals surface area contributed by atoms with Crippen molar-refractivity contribution in [2.24, 2.45) is 0 Å². The van der Waals surface area contributed by atoms with Crippen molar-refractivity contribution in [3.63, 3.8) is 0 Å². The fourth-order valence-electron chi connectivity index (χ4n) is 2.08. The van der Waals surface area contributed by atoms with Crippen LogP contribution in [-0.2, 0) is 14.4 Å². The standard InChI is InChI=1S/C14H29N3O3/c1-14(2,3)20-13(18)12-17-8-6-16(7-9-17)10-11-19-15(4)5/h6-12H2,1-5H3. The van der Waals surface area contributed by atoms with Gasteiger partial charge < -0.3 is 4.74 Å². The third-order valence-corrected chi connectivity index (χ3v) is 2.99. The third kappa shape index (κ3) is 7.79. The van der Waals surface area contributed by atoms with Crippen molar-refractivity contribution in [3.05, 3.63) is 0 Å². The van der Waals surface area contributed by atoms with Gasteiger partial charge in [0.25, 0.3) is 0 Å². The van der Waals surface area contributed by atoms with Crippen molar-refractivity contribution in [3.8, 4) is 0 Å². The quantitative estimate of drug-likeness (QED) is 0.522. The van der Waals surface area contributed by atoms with Gasteiger partial charge in [-0.1, -0.05) is 0 Å². The van der Waals surface area contributed by atoms with Crippen molar-refractivity contribution in [1.82, 2.24) is 14.9 Å². The van der Waals surface area contributed by atoms with Crippen LogP contribution in [0.1, 0.15) is 20.8 Å². The molecule has 0 aromatic heterocycles. The average Bonchev–Trinajstić information content (AvgIpc) is 2.28. The zero-order valence-electron chi connectivity index (χ0n) is 13.5. The fourth-order valence-corrected chi connectivity index (χ4v) is 2.08. The van der Waals surface area contributed by atoms with Crippen LogP contribution in [0, 0.1) is 0 Å². The van der Waals surface area contributed by atoms with Gasteiger partial charge in [-0.2, -0.15) is 5.06 Å². The SMILES string of the molecule is CN(C)OCCN1CCN(CC(=O)OC(C)(C)C)CC1. The largest absolute Gasteiger partial charge is 0.459 e. The van der Waals surface area contributed by atoms with Crippen molar-refractivity contribution in [2.45, 2.75) is 26.4 Å². The molecule has 1 heterocycles. The summed E-state index contributed by atoms with van der Waals surface area (Å²) in [6, 6.07) is 0. The molecule has 0 aliphatic carbocycles. The second-order valence-electron chi connectivity index (χ2n) is 6.35. The van der Waals surface area contributed by atoms with Gasteiger partial charge in [-0.15, -0.1) is 0 Å². The summed E-state index contributed by atoms with van der Waals surface area (Å²) in [6.07, 6.45) is 0. The van der Waals surface area contributed by atoms with Crippen LogP contribution < -0.4 is 0 Å². The second-order valence-corrected chi connectivity index (χ2v) is 6.35. The van der Waals surface area contributed by atoms with Gasteiger partial charge >= 0.3 is 5.97 Å². The van der Waals surface area contributed by atoms with Crippen LogP contribution in [0.3, 0.4) is 0 Å². The van der Waals surface area contributed by atoms with Gasteiger partial charge in [0, 0.05) is 46.8 Å². The summed E-state index contributed by atoms with van der Waals surface area (Å²) in [5.74, 6) is -0.137. The Hall–Kier alpha value is -0.690. The first kappa shape index (κ1) is 17.4. The Kier molecular flexibility index (Phi) is 6.88. The zero-order chi connectivity index (χ0) is 15.2. The van der Waals surface area contributed by atoms with E-state index in [-0.39, 0.29) is 5.97 Å². The van der Waals surface area contributed by atoms with E-state index in [2.05, 4.69) is 9.80 Å². The minimum atomic E-state index is -0.400. The Bertz CT molecular complexity index is 295. The number of ether oxygens (including phenoxy) is 1. The molecule has 6 heteroatoms. The van der Waals surface area contributed by atoms with E-state index < -0.39 is 5.60 Å². The van der Waals surface area contributed by atoms with Crippen molar-refractivity contribution in [1.29, 1.82) is 0 Å². The third-order valence-electron chi connectivity index (χ3n) is 2.99. The maximum absolute atomic E-state index is 11.8. The number of piperazine rings is 1. The molecule has 0 N–H and O–H groups in total. The van der Waals surface area contributed by atoms with Crippen molar-refractivity contribution in [2.75, 3.05) is 60.0 Å². The highest BCUT2D eigenvalue weighted by molar-refractivity contribution is 5.72. The lowest BCUT2D eigenvalue weighted by atomic mass is 10.2. The van der Waals surface area contributed by atoms with Crippen molar-refractivity contribution < 1.29 is 14.4 Å². The molecule has 0 aromatic rings. The van der Waals surface area contributed by atoms with Crippen LogP contribution in [0.5, 0.6) is 0 Å². The van der Waals surface area contributed by atoms with Gasteiger partial charge in [0.05, 0.1) is 13.2 Å². The Morgan fingerprint density at radius 2 is 1.65 bits per heavy atom. The van der Waals surface area contributed by atoms with E-state index in [1.807, 2.05) is 34.9 Å². The summed E-state index contributed by atoms with van der Waals surface area (Å²) in [4.78, 5) is 21.7. The van der Waals surface area contributed by atoms with E-state index in [9.17, 15) is 4.79 Å². The molecule has 0 unspecified atom stereocenters. The minimum absolute atomic E-state index is 0.137.